The minimum atomic E-state index is -0.955. The largest absolute Gasteiger partial charge is 0.384 e. The average Bonchev–Trinajstić information content (AvgIpc) is 3.14. The molecule has 3 rings (SSSR count). The van der Waals surface area contributed by atoms with Gasteiger partial charge in [-0.25, -0.2) is 4.68 Å². The van der Waals surface area contributed by atoms with E-state index in [-0.39, 0.29) is 6.04 Å². The van der Waals surface area contributed by atoms with Crippen molar-refractivity contribution in [1.29, 1.82) is 0 Å². The Morgan fingerprint density at radius 3 is 2.83 bits per heavy atom. The fraction of sp³-hybridized carbons (Fsp3) is 0.688. The van der Waals surface area contributed by atoms with E-state index in [1.54, 1.807) is 13.8 Å². The Balaban J connectivity index is 1.71. The predicted molar refractivity (Wildman–Crippen MR) is 86.7 cm³/mol. The lowest BCUT2D eigenvalue weighted by molar-refractivity contribution is 0.0736. The molecule has 1 saturated carbocycles. The predicted octanol–water partition coefficient (Wildman–Crippen LogP) is 1.81. The average molecular weight is 318 g/mol. The van der Waals surface area contributed by atoms with Gasteiger partial charge >= 0.3 is 0 Å². The smallest absolute Gasteiger partial charge is 0.114 e. The van der Waals surface area contributed by atoms with Crippen LogP contribution in [0.4, 0.5) is 0 Å². The van der Waals surface area contributed by atoms with E-state index in [0.29, 0.717) is 11.7 Å². The maximum absolute atomic E-state index is 10.1. The summed E-state index contributed by atoms with van der Waals surface area (Å²) in [6.07, 6.45) is 8.39. The number of aryl methyl sites for hydroxylation is 1. The summed E-state index contributed by atoms with van der Waals surface area (Å²) < 4.78 is 1.92. The van der Waals surface area contributed by atoms with Crippen LogP contribution in [0, 0.1) is 6.92 Å². The van der Waals surface area contributed by atoms with Crippen LogP contribution in [0.5, 0.6) is 0 Å². The molecule has 2 aromatic heterocycles. The number of hydrogen-bond acceptors (Lipinski definition) is 5. The van der Waals surface area contributed by atoms with Crippen LogP contribution >= 0.6 is 0 Å². The molecule has 23 heavy (non-hydrogen) atoms. The summed E-state index contributed by atoms with van der Waals surface area (Å²) >= 11 is 0. The molecular formula is C16H26N6O. The van der Waals surface area contributed by atoms with E-state index in [0.717, 1.165) is 25.1 Å². The van der Waals surface area contributed by atoms with Crippen LogP contribution in [-0.2, 0) is 12.1 Å². The molecule has 2 atom stereocenters. The lowest BCUT2D eigenvalue weighted by Crippen LogP contribution is -2.39. The van der Waals surface area contributed by atoms with Gasteiger partial charge in [0.15, 0.2) is 0 Å². The summed E-state index contributed by atoms with van der Waals surface area (Å²) in [5.41, 5.74) is 1.97. The quantitative estimate of drug-likeness (QED) is 0.782. The minimum absolute atomic E-state index is 0.277. The first kappa shape index (κ1) is 16.1. The van der Waals surface area contributed by atoms with E-state index in [4.69, 9.17) is 0 Å². The van der Waals surface area contributed by atoms with Crippen molar-refractivity contribution >= 4 is 0 Å². The third-order valence-corrected chi connectivity index (χ3v) is 4.70. The Bertz CT molecular complexity index is 641. The second kappa shape index (κ2) is 6.41. The normalized spacial score (nSPS) is 22.4. The molecule has 126 valence electrons. The summed E-state index contributed by atoms with van der Waals surface area (Å²) in [6, 6.07) is 0.633. The van der Waals surface area contributed by atoms with Gasteiger partial charge in [0, 0.05) is 23.8 Å². The molecule has 2 heterocycles. The van der Waals surface area contributed by atoms with Gasteiger partial charge in [0.1, 0.15) is 11.3 Å². The van der Waals surface area contributed by atoms with E-state index < -0.39 is 5.60 Å². The number of nitrogens with zero attached hydrogens (tertiary/aromatic N) is 4. The molecule has 0 radical (unpaired) electrons. The standard InChI is InChI=1S/C16H26N6O/c1-11-12(9-18-19-11)8-17-13-6-4-5-7-14(13)22-10-15(20-21-22)16(2,3)23/h9-10,13-14,17,23H,4-8H2,1-3H3,(H,18,19)/t13-,14+/m0/s1. The van der Waals surface area contributed by atoms with Crippen LogP contribution in [0.25, 0.3) is 0 Å². The molecule has 2 aromatic rings. The SMILES string of the molecule is Cc1[nH]ncc1CN[C@H]1CCCC[C@H]1n1cc(C(C)(C)O)nn1. The van der Waals surface area contributed by atoms with Gasteiger partial charge in [-0.05, 0) is 33.6 Å². The summed E-state index contributed by atoms with van der Waals surface area (Å²) in [4.78, 5) is 0. The highest BCUT2D eigenvalue weighted by Crippen LogP contribution is 2.29. The topological polar surface area (TPSA) is 91.7 Å². The maximum Gasteiger partial charge on any atom is 0.114 e. The van der Waals surface area contributed by atoms with Gasteiger partial charge in [0.05, 0.1) is 18.4 Å². The van der Waals surface area contributed by atoms with E-state index in [9.17, 15) is 5.11 Å². The Labute approximate surface area is 136 Å². The molecule has 3 N–H and O–H groups in total. The van der Waals surface area contributed by atoms with Crippen molar-refractivity contribution in [3.63, 3.8) is 0 Å². The summed E-state index contributed by atoms with van der Waals surface area (Å²) in [5.74, 6) is 0. The van der Waals surface area contributed by atoms with Crippen LogP contribution in [0.3, 0.4) is 0 Å². The highest BCUT2D eigenvalue weighted by molar-refractivity contribution is 5.14. The van der Waals surface area contributed by atoms with Crippen LogP contribution in [0.2, 0.25) is 0 Å². The van der Waals surface area contributed by atoms with Crippen LogP contribution in [0.1, 0.15) is 62.5 Å². The Morgan fingerprint density at radius 2 is 2.17 bits per heavy atom. The minimum Gasteiger partial charge on any atom is -0.384 e. The van der Waals surface area contributed by atoms with Crippen molar-refractivity contribution in [2.45, 2.75) is 70.7 Å². The molecule has 0 amide bonds. The number of aromatic amines is 1. The Hall–Kier alpha value is -1.73. The molecular weight excluding hydrogens is 292 g/mol. The van der Waals surface area contributed by atoms with E-state index in [1.807, 2.05) is 24.0 Å². The van der Waals surface area contributed by atoms with E-state index in [1.165, 1.54) is 18.4 Å². The zero-order chi connectivity index (χ0) is 16.4. The zero-order valence-corrected chi connectivity index (χ0v) is 14.1. The maximum atomic E-state index is 10.1. The van der Waals surface area contributed by atoms with Gasteiger partial charge in [-0.2, -0.15) is 5.10 Å². The molecule has 0 aromatic carbocycles. The lowest BCUT2D eigenvalue weighted by atomic mass is 9.90. The lowest BCUT2D eigenvalue weighted by Gasteiger charge is -2.32. The van der Waals surface area contributed by atoms with Crippen molar-refractivity contribution in [3.05, 3.63) is 29.3 Å². The second-order valence-corrected chi connectivity index (χ2v) is 7.00. The van der Waals surface area contributed by atoms with Crippen LogP contribution in [0.15, 0.2) is 12.4 Å². The number of aromatic nitrogens is 5. The van der Waals surface area contributed by atoms with E-state index >= 15 is 0 Å². The molecule has 0 bridgehead atoms. The van der Waals surface area contributed by atoms with Gasteiger partial charge in [-0.1, -0.05) is 18.1 Å². The number of H-pyrrole nitrogens is 1. The number of nitrogens with one attached hydrogen (secondary N) is 2. The van der Waals surface area contributed by atoms with Gasteiger partial charge < -0.3 is 10.4 Å². The molecule has 7 heteroatoms. The molecule has 0 spiro atoms. The Kier molecular flexibility index (Phi) is 4.50. The van der Waals surface area contributed by atoms with Crippen molar-refractivity contribution in [2.75, 3.05) is 0 Å². The molecule has 0 unspecified atom stereocenters. The molecule has 1 aliphatic rings. The second-order valence-electron chi connectivity index (χ2n) is 7.00. The van der Waals surface area contributed by atoms with Gasteiger partial charge in [0.25, 0.3) is 0 Å². The van der Waals surface area contributed by atoms with Crippen molar-refractivity contribution in [2.24, 2.45) is 0 Å². The molecule has 0 saturated heterocycles. The van der Waals surface area contributed by atoms with Crippen LogP contribution in [-0.4, -0.2) is 36.3 Å². The summed E-state index contributed by atoms with van der Waals surface area (Å²) in [7, 11) is 0. The first-order valence-electron chi connectivity index (χ1n) is 8.32. The Morgan fingerprint density at radius 1 is 1.39 bits per heavy atom. The first-order valence-corrected chi connectivity index (χ1v) is 8.32. The fourth-order valence-corrected chi connectivity index (χ4v) is 3.18. The van der Waals surface area contributed by atoms with Gasteiger partial charge in [-0.15, -0.1) is 5.10 Å². The summed E-state index contributed by atoms with van der Waals surface area (Å²) in [6.45, 7) is 6.31. The van der Waals surface area contributed by atoms with Crippen LogP contribution < -0.4 is 5.32 Å². The van der Waals surface area contributed by atoms with Crippen molar-refractivity contribution in [3.8, 4) is 0 Å². The monoisotopic (exact) mass is 318 g/mol. The molecule has 1 aliphatic carbocycles. The number of aliphatic hydroxyl groups is 1. The van der Waals surface area contributed by atoms with E-state index in [2.05, 4.69) is 25.8 Å². The summed E-state index contributed by atoms with van der Waals surface area (Å²) in [5, 5.41) is 29.2. The molecule has 1 fully saturated rings. The number of rotatable bonds is 5. The zero-order valence-electron chi connectivity index (χ0n) is 14.1. The molecule has 7 nitrogen and oxygen atoms in total. The van der Waals surface area contributed by atoms with Crippen molar-refractivity contribution < 1.29 is 5.11 Å². The van der Waals surface area contributed by atoms with Gasteiger partial charge in [-0.3, -0.25) is 5.10 Å². The highest BCUT2D eigenvalue weighted by Gasteiger charge is 2.29. The third-order valence-electron chi connectivity index (χ3n) is 4.70. The third kappa shape index (κ3) is 3.61. The highest BCUT2D eigenvalue weighted by atomic mass is 16.3. The number of hydrogen-bond donors (Lipinski definition) is 3. The fourth-order valence-electron chi connectivity index (χ4n) is 3.18. The van der Waals surface area contributed by atoms with Crippen molar-refractivity contribution in [1.82, 2.24) is 30.5 Å². The first-order chi connectivity index (χ1) is 10.9. The molecule has 0 aliphatic heterocycles. The van der Waals surface area contributed by atoms with Gasteiger partial charge in [0.2, 0.25) is 0 Å².